The fraction of sp³-hybridized carbons (Fsp3) is 0.385. The molecule has 7 heteroatoms. The van der Waals surface area contributed by atoms with Crippen LogP contribution in [0.15, 0.2) is 16.0 Å². The number of aromatic nitrogens is 1. The number of hydrogen-bond donors (Lipinski definition) is 1. The summed E-state index contributed by atoms with van der Waals surface area (Å²) in [6.07, 6.45) is 0.961. The highest BCUT2D eigenvalue weighted by Crippen LogP contribution is 2.30. The molecule has 106 valence electrons. The average molecular weight is 358 g/mol. The summed E-state index contributed by atoms with van der Waals surface area (Å²) in [5, 5.41) is 9.17. The van der Waals surface area contributed by atoms with Crippen LogP contribution in [0.2, 0.25) is 0 Å². The summed E-state index contributed by atoms with van der Waals surface area (Å²) < 4.78 is 12.6. The van der Waals surface area contributed by atoms with E-state index in [1.54, 1.807) is 12.1 Å². The molecule has 0 amide bonds. The molecule has 1 fully saturated rings. The molecule has 0 radical (unpaired) electrons. The van der Waals surface area contributed by atoms with E-state index in [1.807, 2.05) is 0 Å². The van der Waals surface area contributed by atoms with Crippen molar-refractivity contribution in [1.29, 1.82) is 0 Å². The molecule has 0 aliphatic carbocycles. The minimum absolute atomic E-state index is 0.0839. The lowest BCUT2D eigenvalue weighted by Gasteiger charge is -2.10. The minimum atomic E-state index is -0.943. The third kappa shape index (κ3) is 2.85. The molecular formula is C13H12BrNO4S. The quantitative estimate of drug-likeness (QED) is 0.910. The van der Waals surface area contributed by atoms with Gasteiger partial charge in [0.05, 0.1) is 35.1 Å². The SMILES string of the molecule is O=C(O)c1cc(CO[C@H]2CCOC2)c2nc(Br)sc2c1. The van der Waals surface area contributed by atoms with Gasteiger partial charge in [0.1, 0.15) is 0 Å². The molecule has 1 N–H and O–H groups in total. The van der Waals surface area contributed by atoms with Crippen molar-refractivity contribution in [3.05, 3.63) is 27.2 Å². The Labute approximate surface area is 127 Å². The summed E-state index contributed by atoms with van der Waals surface area (Å²) >= 11 is 4.75. The lowest BCUT2D eigenvalue weighted by Crippen LogP contribution is -2.12. The molecule has 1 aromatic carbocycles. The van der Waals surface area contributed by atoms with E-state index in [-0.39, 0.29) is 11.7 Å². The van der Waals surface area contributed by atoms with Crippen molar-refractivity contribution >= 4 is 43.5 Å². The smallest absolute Gasteiger partial charge is 0.335 e. The molecule has 1 atom stereocenters. The Balaban J connectivity index is 1.91. The van der Waals surface area contributed by atoms with Gasteiger partial charge in [-0.1, -0.05) is 0 Å². The van der Waals surface area contributed by atoms with Gasteiger partial charge >= 0.3 is 5.97 Å². The van der Waals surface area contributed by atoms with Crippen LogP contribution in [-0.4, -0.2) is 35.4 Å². The zero-order valence-electron chi connectivity index (χ0n) is 10.5. The Hall–Kier alpha value is -1.02. The monoisotopic (exact) mass is 357 g/mol. The zero-order chi connectivity index (χ0) is 14.1. The molecule has 1 aliphatic rings. The molecule has 5 nitrogen and oxygen atoms in total. The Morgan fingerprint density at radius 1 is 1.60 bits per heavy atom. The fourth-order valence-electron chi connectivity index (χ4n) is 2.16. The molecular weight excluding hydrogens is 346 g/mol. The number of benzene rings is 1. The van der Waals surface area contributed by atoms with Crippen molar-refractivity contribution in [2.24, 2.45) is 0 Å². The van der Waals surface area contributed by atoms with Gasteiger partial charge in [-0.15, -0.1) is 11.3 Å². The Morgan fingerprint density at radius 3 is 3.15 bits per heavy atom. The van der Waals surface area contributed by atoms with E-state index in [0.717, 1.165) is 32.7 Å². The van der Waals surface area contributed by atoms with Crippen LogP contribution in [0.3, 0.4) is 0 Å². The first kappa shape index (κ1) is 13.9. The van der Waals surface area contributed by atoms with E-state index in [0.29, 0.717) is 13.2 Å². The molecule has 0 saturated carbocycles. The highest BCUT2D eigenvalue weighted by atomic mass is 79.9. The molecule has 3 rings (SSSR count). The number of carbonyl (C=O) groups is 1. The maximum atomic E-state index is 11.2. The standard InChI is InChI=1S/C13H12BrNO4S/c14-13-15-11-8(5-19-9-1-2-18-6-9)3-7(12(16)17)4-10(11)20-13/h3-4,9H,1-2,5-6H2,(H,16,17)/t9-/m0/s1. The molecule has 1 saturated heterocycles. The molecule has 0 spiro atoms. The highest BCUT2D eigenvalue weighted by molar-refractivity contribution is 9.11. The van der Waals surface area contributed by atoms with Crippen LogP contribution in [0.1, 0.15) is 22.3 Å². The van der Waals surface area contributed by atoms with Gasteiger partial charge < -0.3 is 14.6 Å². The number of hydrogen-bond acceptors (Lipinski definition) is 5. The van der Waals surface area contributed by atoms with E-state index >= 15 is 0 Å². The second kappa shape index (κ2) is 5.77. The van der Waals surface area contributed by atoms with Crippen LogP contribution in [0.5, 0.6) is 0 Å². The van der Waals surface area contributed by atoms with Crippen LogP contribution >= 0.6 is 27.3 Å². The van der Waals surface area contributed by atoms with E-state index in [4.69, 9.17) is 14.6 Å². The Morgan fingerprint density at radius 2 is 2.45 bits per heavy atom. The third-order valence-electron chi connectivity index (χ3n) is 3.16. The first-order valence-electron chi connectivity index (χ1n) is 6.15. The normalized spacial score (nSPS) is 18.8. The summed E-state index contributed by atoms with van der Waals surface area (Å²) in [6.45, 7) is 1.67. The van der Waals surface area contributed by atoms with Gasteiger partial charge in [-0.2, -0.15) is 0 Å². The second-order valence-electron chi connectivity index (χ2n) is 4.55. The van der Waals surface area contributed by atoms with Crippen molar-refractivity contribution < 1.29 is 19.4 Å². The predicted octanol–water partition coefficient (Wildman–Crippen LogP) is 3.06. The highest BCUT2D eigenvalue weighted by Gasteiger charge is 2.18. The minimum Gasteiger partial charge on any atom is -0.478 e. The summed E-state index contributed by atoms with van der Waals surface area (Å²) in [5.74, 6) is -0.943. The molecule has 0 unspecified atom stereocenters. The van der Waals surface area contributed by atoms with Gasteiger partial charge in [0, 0.05) is 12.2 Å². The van der Waals surface area contributed by atoms with Gasteiger partial charge in [-0.3, -0.25) is 0 Å². The zero-order valence-corrected chi connectivity index (χ0v) is 12.9. The molecule has 1 aliphatic heterocycles. The molecule has 2 heterocycles. The molecule has 1 aromatic heterocycles. The maximum Gasteiger partial charge on any atom is 0.335 e. The number of rotatable bonds is 4. The number of nitrogens with zero attached hydrogens (tertiary/aromatic N) is 1. The van der Waals surface area contributed by atoms with Crippen molar-refractivity contribution in [2.75, 3.05) is 13.2 Å². The number of fused-ring (bicyclic) bond motifs is 1. The number of thiazole rings is 1. The van der Waals surface area contributed by atoms with Crippen molar-refractivity contribution in [1.82, 2.24) is 4.98 Å². The van der Waals surface area contributed by atoms with Crippen molar-refractivity contribution in [2.45, 2.75) is 19.1 Å². The largest absolute Gasteiger partial charge is 0.478 e. The van der Waals surface area contributed by atoms with Gasteiger partial charge in [0.2, 0.25) is 0 Å². The topological polar surface area (TPSA) is 68.7 Å². The van der Waals surface area contributed by atoms with Crippen molar-refractivity contribution in [3.63, 3.8) is 0 Å². The van der Waals surface area contributed by atoms with Crippen LogP contribution in [0.4, 0.5) is 0 Å². The van der Waals surface area contributed by atoms with Crippen LogP contribution in [-0.2, 0) is 16.1 Å². The summed E-state index contributed by atoms with van der Waals surface area (Å²) in [4.78, 5) is 15.6. The first-order chi connectivity index (χ1) is 9.63. The molecule has 2 aromatic rings. The van der Waals surface area contributed by atoms with Gasteiger partial charge in [0.15, 0.2) is 3.92 Å². The van der Waals surface area contributed by atoms with E-state index in [9.17, 15) is 4.79 Å². The lowest BCUT2D eigenvalue weighted by molar-refractivity contribution is 0.0322. The number of ether oxygens (including phenoxy) is 2. The van der Waals surface area contributed by atoms with Gasteiger partial charge in [-0.25, -0.2) is 9.78 Å². The average Bonchev–Trinajstić information content (AvgIpc) is 3.03. The maximum absolute atomic E-state index is 11.2. The summed E-state index contributed by atoms with van der Waals surface area (Å²) in [5.41, 5.74) is 1.86. The predicted molar refractivity (Wildman–Crippen MR) is 78.3 cm³/mol. The van der Waals surface area contributed by atoms with E-state index in [2.05, 4.69) is 20.9 Å². The number of halogens is 1. The van der Waals surface area contributed by atoms with Crippen LogP contribution < -0.4 is 0 Å². The fourth-order valence-corrected chi connectivity index (χ4v) is 3.64. The molecule has 0 bridgehead atoms. The third-order valence-corrected chi connectivity index (χ3v) is 4.61. The van der Waals surface area contributed by atoms with Gasteiger partial charge in [-0.05, 0) is 34.5 Å². The second-order valence-corrected chi connectivity index (χ2v) is 6.86. The summed E-state index contributed by atoms with van der Waals surface area (Å²) in [7, 11) is 0. The van der Waals surface area contributed by atoms with Gasteiger partial charge in [0.25, 0.3) is 0 Å². The molecule has 20 heavy (non-hydrogen) atoms. The first-order valence-corrected chi connectivity index (χ1v) is 7.76. The van der Waals surface area contributed by atoms with Crippen molar-refractivity contribution in [3.8, 4) is 0 Å². The summed E-state index contributed by atoms with van der Waals surface area (Å²) in [6, 6.07) is 3.27. The van der Waals surface area contributed by atoms with Crippen LogP contribution in [0.25, 0.3) is 10.2 Å². The number of carboxylic acid groups (broad SMARTS) is 1. The lowest BCUT2D eigenvalue weighted by atomic mass is 10.1. The van der Waals surface area contributed by atoms with E-state index in [1.165, 1.54) is 11.3 Å². The Kier molecular flexibility index (Phi) is 4.02. The number of carboxylic acids is 1. The number of aromatic carboxylic acids is 1. The Bertz CT molecular complexity index is 651. The van der Waals surface area contributed by atoms with Crippen LogP contribution in [0, 0.1) is 0 Å². The van der Waals surface area contributed by atoms with E-state index < -0.39 is 5.97 Å².